The van der Waals surface area contributed by atoms with Gasteiger partial charge in [0.15, 0.2) is 0 Å². The van der Waals surface area contributed by atoms with Gasteiger partial charge in [-0.15, -0.1) is 0 Å². The second-order valence-corrected chi connectivity index (χ2v) is 8.15. The molecular formula is C25H24ClFN2O2. The van der Waals surface area contributed by atoms with E-state index in [1.165, 1.54) is 6.07 Å². The maximum Gasteiger partial charge on any atom is 0.227 e. The number of ether oxygens (including phenoxy) is 1. The van der Waals surface area contributed by atoms with Gasteiger partial charge in [-0.25, -0.2) is 4.39 Å². The molecule has 0 atom stereocenters. The first kappa shape index (κ1) is 21.3. The first-order valence-corrected chi connectivity index (χ1v) is 10.7. The summed E-state index contributed by atoms with van der Waals surface area (Å²) in [6.07, 6.45) is 1.49. The minimum Gasteiger partial charge on any atom is -0.457 e. The Labute approximate surface area is 186 Å². The number of anilines is 1. The maximum atomic E-state index is 14.0. The number of nitrogens with zero attached hydrogens (tertiary/aromatic N) is 1. The Bertz CT molecular complexity index is 1020. The summed E-state index contributed by atoms with van der Waals surface area (Å²) in [5.74, 6) is 1.17. The number of carbonyl (C=O) groups is 1. The predicted molar refractivity (Wildman–Crippen MR) is 121 cm³/mol. The fraction of sp³-hybridized carbons (Fsp3) is 0.240. The summed E-state index contributed by atoms with van der Waals surface area (Å²) in [7, 11) is 0. The normalized spacial score (nSPS) is 14.9. The average molecular weight is 439 g/mol. The van der Waals surface area contributed by atoms with Crippen LogP contribution in [0.2, 0.25) is 5.02 Å². The van der Waals surface area contributed by atoms with E-state index in [1.54, 1.807) is 12.1 Å². The lowest BCUT2D eigenvalue weighted by Crippen LogP contribution is -2.37. The number of carbonyl (C=O) groups excluding carboxylic acids is 1. The van der Waals surface area contributed by atoms with Crippen molar-refractivity contribution >= 4 is 23.2 Å². The van der Waals surface area contributed by atoms with Crippen molar-refractivity contribution in [3.8, 4) is 11.5 Å². The molecule has 1 fully saturated rings. The Morgan fingerprint density at radius 1 is 1.00 bits per heavy atom. The van der Waals surface area contributed by atoms with Crippen LogP contribution in [-0.4, -0.2) is 23.9 Å². The van der Waals surface area contributed by atoms with E-state index >= 15 is 0 Å². The van der Waals surface area contributed by atoms with Crippen LogP contribution in [-0.2, 0) is 11.3 Å². The van der Waals surface area contributed by atoms with Crippen LogP contribution in [0.4, 0.5) is 10.1 Å². The lowest BCUT2D eigenvalue weighted by molar-refractivity contribution is -0.121. The van der Waals surface area contributed by atoms with Gasteiger partial charge in [0.05, 0.1) is 0 Å². The lowest BCUT2D eigenvalue weighted by atomic mass is 9.95. The van der Waals surface area contributed by atoms with Crippen LogP contribution in [0.5, 0.6) is 11.5 Å². The molecule has 1 aliphatic rings. The van der Waals surface area contributed by atoms with E-state index in [0.29, 0.717) is 22.9 Å². The minimum absolute atomic E-state index is 0.0223. The summed E-state index contributed by atoms with van der Waals surface area (Å²) in [5.41, 5.74) is 1.38. The SMILES string of the molecule is O=C(Nc1ccc(Oc2ccccc2)cc1)C1CCN(Cc2ccc(Cl)cc2F)CC1. The molecule has 0 saturated carbocycles. The Kier molecular flexibility index (Phi) is 6.85. The van der Waals surface area contributed by atoms with Gasteiger partial charge in [0, 0.05) is 28.7 Å². The van der Waals surface area contributed by atoms with E-state index in [4.69, 9.17) is 16.3 Å². The molecule has 0 aliphatic carbocycles. The summed E-state index contributed by atoms with van der Waals surface area (Å²) in [4.78, 5) is 14.8. The van der Waals surface area contributed by atoms with Gasteiger partial charge in [0.2, 0.25) is 5.91 Å². The zero-order valence-corrected chi connectivity index (χ0v) is 17.8. The van der Waals surface area contributed by atoms with E-state index in [-0.39, 0.29) is 17.6 Å². The molecule has 31 heavy (non-hydrogen) atoms. The lowest BCUT2D eigenvalue weighted by Gasteiger charge is -2.31. The van der Waals surface area contributed by atoms with Gasteiger partial charge >= 0.3 is 0 Å². The molecule has 1 aliphatic heterocycles. The molecule has 1 N–H and O–H groups in total. The fourth-order valence-corrected chi connectivity index (χ4v) is 3.88. The topological polar surface area (TPSA) is 41.6 Å². The van der Waals surface area contributed by atoms with Gasteiger partial charge in [0.25, 0.3) is 0 Å². The highest BCUT2D eigenvalue weighted by Gasteiger charge is 2.25. The third-order valence-electron chi connectivity index (χ3n) is 5.47. The predicted octanol–water partition coefficient (Wildman–Crippen LogP) is 6.12. The highest BCUT2D eigenvalue weighted by atomic mass is 35.5. The van der Waals surface area contributed by atoms with Gasteiger partial charge in [-0.2, -0.15) is 0 Å². The number of nitrogens with one attached hydrogen (secondary N) is 1. The standard InChI is InChI=1S/C25H24ClFN2O2/c26-20-7-6-19(24(27)16-20)17-29-14-12-18(13-15-29)25(30)28-21-8-10-23(11-9-21)31-22-4-2-1-3-5-22/h1-11,16,18H,12-15,17H2,(H,28,30). The molecule has 1 heterocycles. The Balaban J connectivity index is 1.26. The molecule has 1 amide bonds. The quantitative estimate of drug-likeness (QED) is 0.504. The van der Waals surface area contributed by atoms with Crippen LogP contribution < -0.4 is 10.1 Å². The molecule has 4 nitrogen and oxygen atoms in total. The number of likely N-dealkylation sites (tertiary alicyclic amines) is 1. The second-order valence-electron chi connectivity index (χ2n) is 7.71. The molecule has 0 spiro atoms. The van der Waals surface area contributed by atoms with Crippen molar-refractivity contribution in [1.82, 2.24) is 4.90 Å². The number of hydrogen-bond acceptors (Lipinski definition) is 3. The fourth-order valence-electron chi connectivity index (χ4n) is 3.72. The van der Waals surface area contributed by atoms with E-state index in [2.05, 4.69) is 10.2 Å². The monoisotopic (exact) mass is 438 g/mol. The molecule has 6 heteroatoms. The average Bonchev–Trinajstić information content (AvgIpc) is 2.78. The van der Waals surface area contributed by atoms with Gasteiger partial charge < -0.3 is 10.1 Å². The van der Waals surface area contributed by atoms with Crippen molar-refractivity contribution in [3.63, 3.8) is 0 Å². The van der Waals surface area contributed by atoms with Crippen molar-refractivity contribution < 1.29 is 13.9 Å². The number of rotatable bonds is 6. The van der Waals surface area contributed by atoms with Crippen molar-refractivity contribution in [3.05, 3.63) is 89.2 Å². The minimum atomic E-state index is -0.285. The molecule has 3 aromatic rings. The molecule has 0 aromatic heterocycles. The smallest absolute Gasteiger partial charge is 0.227 e. The molecule has 160 valence electrons. The van der Waals surface area contributed by atoms with E-state index in [1.807, 2.05) is 54.6 Å². The van der Waals surface area contributed by atoms with Crippen molar-refractivity contribution in [2.75, 3.05) is 18.4 Å². The molecule has 0 radical (unpaired) electrons. The van der Waals surface area contributed by atoms with Gasteiger partial charge in [-0.1, -0.05) is 35.9 Å². The van der Waals surface area contributed by atoms with Crippen LogP contribution in [0.15, 0.2) is 72.8 Å². The second kappa shape index (κ2) is 9.94. The summed E-state index contributed by atoms with van der Waals surface area (Å²) in [5, 5.41) is 3.39. The zero-order valence-electron chi connectivity index (χ0n) is 17.1. The first-order valence-electron chi connectivity index (χ1n) is 10.4. The number of hydrogen-bond donors (Lipinski definition) is 1. The first-order chi connectivity index (χ1) is 15.1. The van der Waals surface area contributed by atoms with E-state index < -0.39 is 0 Å². The number of benzene rings is 3. The van der Waals surface area contributed by atoms with Gasteiger partial charge in [-0.05, 0) is 74.5 Å². The number of piperidine rings is 1. The van der Waals surface area contributed by atoms with Crippen LogP contribution in [0.1, 0.15) is 18.4 Å². The third kappa shape index (κ3) is 5.84. The Morgan fingerprint density at radius 3 is 2.35 bits per heavy atom. The molecule has 3 aromatic carbocycles. The van der Waals surface area contributed by atoms with Gasteiger partial charge in [-0.3, -0.25) is 9.69 Å². The summed E-state index contributed by atoms with van der Waals surface area (Å²) in [6, 6.07) is 21.7. The Morgan fingerprint density at radius 2 is 1.68 bits per heavy atom. The van der Waals surface area contributed by atoms with Crippen molar-refractivity contribution in [2.45, 2.75) is 19.4 Å². The third-order valence-corrected chi connectivity index (χ3v) is 5.70. The van der Waals surface area contributed by atoms with Crippen LogP contribution in [0.25, 0.3) is 0 Å². The number of halogens is 2. The summed E-state index contributed by atoms with van der Waals surface area (Å²) in [6.45, 7) is 2.04. The van der Waals surface area contributed by atoms with E-state index in [9.17, 15) is 9.18 Å². The molecule has 1 saturated heterocycles. The van der Waals surface area contributed by atoms with Crippen LogP contribution in [0, 0.1) is 11.7 Å². The van der Waals surface area contributed by atoms with Crippen molar-refractivity contribution in [2.24, 2.45) is 5.92 Å². The largest absolute Gasteiger partial charge is 0.457 e. The van der Waals surface area contributed by atoms with Crippen LogP contribution >= 0.6 is 11.6 Å². The molecule has 4 rings (SSSR count). The van der Waals surface area contributed by atoms with Gasteiger partial charge in [0.1, 0.15) is 17.3 Å². The number of para-hydroxylation sites is 1. The zero-order chi connectivity index (χ0) is 21.6. The molecule has 0 unspecified atom stereocenters. The number of amides is 1. The highest BCUT2D eigenvalue weighted by molar-refractivity contribution is 6.30. The van der Waals surface area contributed by atoms with E-state index in [0.717, 1.165) is 37.4 Å². The summed E-state index contributed by atoms with van der Waals surface area (Å²) < 4.78 is 19.8. The molecular weight excluding hydrogens is 415 g/mol. The molecule has 0 bridgehead atoms. The van der Waals surface area contributed by atoms with Crippen molar-refractivity contribution in [1.29, 1.82) is 0 Å². The van der Waals surface area contributed by atoms with Crippen LogP contribution in [0.3, 0.4) is 0 Å². The summed E-state index contributed by atoms with van der Waals surface area (Å²) >= 11 is 5.82. The Hall–Kier alpha value is -2.89. The maximum absolute atomic E-state index is 14.0. The highest BCUT2D eigenvalue weighted by Crippen LogP contribution is 2.25.